The predicted octanol–water partition coefficient (Wildman–Crippen LogP) is 2.62. The number of carbonyl (C=O) groups is 1. The quantitative estimate of drug-likeness (QED) is 0.882. The molecule has 0 atom stereocenters. The average molecular weight is 244 g/mol. The van der Waals surface area contributed by atoms with Crippen LogP contribution in [0.4, 0.5) is 10.5 Å². The van der Waals surface area contributed by atoms with Crippen molar-refractivity contribution in [1.82, 2.24) is 5.32 Å². The predicted molar refractivity (Wildman–Crippen MR) is 73.4 cm³/mol. The lowest BCUT2D eigenvalue weighted by Crippen LogP contribution is -2.34. The third-order valence-electron chi connectivity index (χ3n) is 2.94. The zero-order valence-electron chi connectivity index (χ0n) is 10.7. The number of amides is 2. The number of urea groups is 1. The molecule has 4 nitrogen and oxygen atoms in total. The molecule has 94 valence electrons. The lowest BCUT2D eigenvalue weighted by molar-refractivity contribution is 0.249. The number of fused-ring (bicyclic) bond motifs is 1. The van der Waals surface area contributed by atoms with E-state index in [1.165, 1.54) is 0 Å². The first-order chi connectivity index (χ1) is 8.65. The van der Waals surface area contributed by atoms with Crippen molar-refractivity contribution < 1.29 is 9.53 Å². The molecule has 0 heterocycles. The van der Waals surface area contributed by atoms with Gasteiger partial charge in [-0.3, -0.25) is 4.90 Å². The van der Waals surface area contributed by atoms with E-state index in [1.54, 1.807) is 26.1 Å². The van der Waals surface area contributed by atoms with E-state index < -0.39 is 0 Å². The van der Waals surface area contributed by atoms with E-state index in [0.29, 0.717) is 0 Å². The Hall–Kier alpha value is -2.23. The Bertz CT molecular complexity index is 581. The van der Waals surface area contributed by atoms with E-state index in [-0.39, 0.29) is 6.03 Å². The highest BCUT2D eigenvalue weighted by Crippen LogP contribution is 2.25. The number of nitrogens with one attached hydrogen (secondary N) is 1. The highest BCUT2D eigenvalue weighted by Gasteiger charge is 2.08. The Kier molecular flexibility index (Phi) is 3.37. The van der Waals surface area contributed by atoms with Crippen molar-refractivity contribution in [3.63, 3.8) is 0 Å². The molecule has 2 aromatic rings. The first-order valence-electron chi connectivity index (χ1n) is 5.69. The van der Waals surface area contributed by atoms with Crippen LogP contribution in [0.2, 0.25) is 0 Å². The first-order valence-corrected chi connectivity index (χ1v) is 5.69. The van der Waals surface area contributed by atoms with Gasteiger partial charge in [-0.25, -0.2) is 4.79 Å². The van der Waals surface area contributed by atoms with Crippen molar-refractivity contribution in [3.05, 3.63) is 36.4 Å². The third kappa shape index (κ3) is 2.22. The summed E-state index contributed by atoms with van der Waals surface area (Å²) < 4.78 is 5.18. The van der Waals surface area contributed by atoms with Crippen LogP contribution in [-0.4, -0.2) is 27.2 Å². The van der Waals surface area contributed by atoms with Gasteiger partial charge in [0.15, 0.2) is 0 Å². The second-order valence-electron chi connectivity index (χ2n) is 4.01. The Morgan fingerprint density at radius 1 is 1.17 bits per heavy atom. The summed E-state index contributed by atoms with van der Waals surface area (Å²) in [6.45, 7) is 0. The number of carbonyl (C=O) groups excluding carboxylic acids is 1. The topological polar surface area (TPSA) is 41.6 Å². The fraction of sp³-hybridized carbons (Fsp3) is 0.214. The van der Waals surface area contributed by atoms with E-state index in [0.717, 1.165) is 22.2 Å². The van der Waals surface area contributed by atoms with Gasteiger partial charge in [-0.1, -0.05) is 12.1 Å². The summed E-state index contributed by atoms with van der Waals surface area (Å²) in [6.07, 6.45) is 0. The number of rotatable bonds is 2. The smallest absolute Gasteiger partial charge is 0.321 e. The Balaban J connectivity index is 2.42. The molecule has 2 rings (SSSR count). The molecule has 0 saturated carbocycles. The second kappa shape index (κ2) is 4.96. The number of benzene rings is 2. The molecule has 18 heavy (non-hydrogen) atoms. The van der Waals surface area contributed by atoms with Crippen molar-refractivity contribution >= 4 is 22.5 Å². The highest BCUT2D eigenvalue weighted by atomic mass is 16.5. The number of nitrogens with zero attached hydrogens (tertiary/aromatic N) is 1. The minimum atomic E-state index is -0.136. The van der Waals surface area contributed by atoms with Gasteiger partial charge in [0.1, 0.15) is 5.75 Å². The Labute approximate surface area is 106 Å². The van der Waals surface area contributed by atoms with Gasteiger partial charge in [0.05, 0.1) is 7.11 Å². The van der Waals surface area contributed by atoms with Gasteiger partial charge in [-0.05, 0) is 35.0 Å². The maximum absolute atomic E-state index is 11.5. The molecule has 0 aliphatic heterocycles. The van der Waals surface area contributed by atoms with Crippen molar-refractivity contribution in [2.45, 2.75) is 0 Å². The van der Waals surface area contributed by atoms with Crippen LogP contribution < -0.4 is 15.0 Å². The normalized spacial score (nSPS) is 10.2. The second-order valence-corrected chi connectivity index (χ2v) is 4.01. The van der Waals surface area contributed by atoms with E-state index in [2.05, 4.69) is 5.32 Å². The first kappa shape index (κ1) is 12.2. The molecule has 2 amide bonds. The van der Waals surface area contributed by atoms with Crippen LogP contribution in [0.3, 0.4) is 0 Å². The number of hydrogen-bond donors (Lipinski definition) is 1. The number of ether oxygens (including phenoxy) is 1. The van der Waals surface area contributed by atoms with Crippen LogP contribution in [-0.2, 0) is 0 Å². The monoisotopic (exact) mass is 244 g/mol. The van der Waals surface area contributed by atoms with Gasteiger partial charge in [0, 0.05) is 19.8 Å². The lowest BCUT2D eigenvalue weighted by Gasteiger charge is -2.17. The summed E-state index contributed by atoms with van der Waals surface area (Å²) in [5.74, 6) is 0.829. The molecule has 0 unspecified atom stereocenters. The molecule has 1 N–H and O–H groups in total. The highest BCUT2D eigenvalue weighted by molar-refractivity contribution is 5.95. The maximum atomic E-state index is 11.5. The van der Waals surface area contributed by atoms with Gasteiger partial charge in [0.2, 0.25) is 0 Å². The fourth-order valence-corrected chi connectivity index (χ4v) is 1.83. The van der Waals surface area contributed by atoms with Crippen LogP contribution in [0, 0.1) is 0 Å². The lowest BCUT2D eigenvalue weighted by atomic mass is 10.1. The van der Waals surface area contributed by atoms with E-state index >= 15 is 0 Å². The largest absolute Gasteiger partial charge is 0.497 e. The maximum Gasteiger partial charge on any atom is 0.321 e. The molecule has 0 fully saturated rings. The molecule has 0 aliphatic carbocycles. The fourth-order valence-electron chi connectivity index (χ4n) is 1.83. The van der Waals surface area contributed by atoms with Crippen LogP contribution in [0.15, 0.2) is 36.4 Å². The molecule has 0 aromatic heterocycles. The minimum Gasteiger partial charge on any atom is -0.497 e. The molecule has 4 heteroatoms. The number of hydrogen-bond acceptors (Lipinski definition) is 2. The number of methoxy groups -OCH3 is 1. The van der Waals surface area contributed by atoms with Crippen molar-refractivity contribution in [2.24, 2.45) is 0 Å². The van der Waals surface area contributed by atoms with Crippen molar-refractivity contribution in [3.8, 4) is 5.75 Å². The molecule has 2 aromatic carbocycles. The molecule has 0 spiro atoms. The van der Waals surface area contributed by atoms with E-state index in [4.69, 9.17) is 4.74 Å². The van der Waals surface area contributed by atoms with Gasteiger partial charge >= 0.3 is 6.03 Å². The summed E-state index contributed by atoms with van der Waals surface area (Å²) in [6, 6.07) is 11.6. The third-order valence-corrected chi connectivity index (χ3v) is 2.94. The number of anilines is 1. The van der Waals surface area contributed by atoms with E-state index in [1.807, 2.05) is 36.4 Å². The van der Waals surface area contributed by atoms with Gasteiger partial charge in [-0.2, -0.15) is 0 Å². The molecule has 0 radical (unpaired) electrons. The van der Waals surface area contributed by atoms with Crippen LogP contribution in [0.25, 0.3) is 10.8 Å². The van der Waals surface area contributed by atoms with Gasteiger partial charge in [0.25, 0.3) is 0 Å². The zero-order valence-corrected chi connectivity index (χ0v) is 10.7. The van der Waals surface area contributed by atoms with Crippen molar-refractivity contribution in [2.75, 3.05) is 26.1 Å². The van der Waals surface area contributed by atoms with Crippen LogP contribution >= 0.6 is 0 Å². The van der Waals surface area contributed by atoms with Gasteiger partial charge in [-0.15, -0.1) is 0 Å². The SMILES string of the molecule is CNC(=O)N(C)c1ccc2cc(OC)ccc2c1. The molecule has 0 saturated heterocycles. The van der Waals surface area contributed by atoms with Crippen molar-refractivity contribution in [1.29, 1.82) is 0 Å². The minimum absolute atomic E-state index is 0.136. The molecular formula is C14H16N2O2. The van der Waals surface area contributed by atoms with Gasteiger partial charge < -0.3 is 10.1 Å². The Morgan fingerprint density at radius 3 is 2.50 bits per heavy atom. The molecular weight excluding hydrogens is 228 g/mol. The summed E-state index contributed by atoms with van der Waals surface area (Å²) >= 11 is 0. The zero-order chi connectivity index (χ0) is 13.1. The summed E-state index contributed by atoms with van der Waals surface area (Å²) in [4.78, 5) is 13.1. The Morgan fingerprint density at radius 2 is 1.83 bits per heavy atom. The van der Waals surface area contributed by atoms with E-state index in [9.17, 15) is 4.79 Å². The average Bonchev–Trinajstić information content (AvgIpc) is 2.44. The molecule has 0 bridgehead atoms. The molecule has 0 aliphatic rings. The summed E-state index contributed by atoms with van der Waals surface area (Å²) in [5, 5.41) is 4.76. The van der Waals surface area contributed by atoms with Crippen LogP contribution in [0.1, 0.15) is 0 Å². The van der Waals surface area contributed by atoms with Crippen LogP contribution in [0.5, 0.6) is 5.75 Å². The standard InChI is InChI=1S/C14H16N2O2/c1-15-14(17)16(2)12-6-4-11-9-13(18-3)7-5-10(11)8-12/h4-9H,1-3H3,(H,15,17). The summed E-state index contributed by atoms with van der Waals surface area (Å²) in [5.41, 5.74) is 0.854. The summed E-state index contributed by atoms with van der Waals surface area (Å²) in [7, 11) is 5.00.